The first kappa shape index (κ1) is 12.1. The fourth-order valence-electron chi connectivity index (χ4n) is 1.33. The van der Waals surface area contributed by atoms with Crippen molar-refractivity contribution in [3.8, 4) is 0 Å². The van der Waals surface area contributed by atoms with Crippen LogP contribution in [0.4, 0.5) is 0 Å². The molecule has 0 bridgehead atoms. The van der Waals surface area contributed by atoms with E-state index in [0.29, 0.717) is 0 Å². The minimum atomic E-state index is -0.822. The molecule has 0 spiro atoms. The summed E-state index contributed by atoms with van der Waals surface area (Å²) in [5.74, 6) is 0.0877. The highest BCUT2D eigenvalue weighted by molar-refractivity contribution is 8.00. The van der Waals surface area contributed by atoms with E-state index in [1.165, 1.54) is 11.8 Å². The van der Waals surface area contributed by atoms with E-state index in [1.807, 2.05) is 30.3 Å². The van der Waals surface area contributed by atoms with Crippen LogP contribution in [0.25, 0.3) is 0 Å². The number of carboxylic acids is 1. The minimum absolute atomic E-state index is 0.771. The van der Waals surface area contributed by atoms with Crippen molar-refractivity contribution >= 4 is 17.7 Å². The van der Waals surface area contributed by atoms with Gasteiger partial charge in [0.1, 0.15) is 4.75 Å². The molecule has 0 saturated heterocycles. The van der Waals surface area contributed by atoms with Crippen molar-refractivity contribution in [2.24, 2.45) is 0 Å². The maximum Gasteiger partial charge on any atom is 0.324 e. The lowest BCUT2D eigenvalue weighted by atomic mass is 10.0. The summed E-state index contributed by atoms with van der Waals surface area (Å²) in [5, 5.41) is 9.29. The molecule has 0 aromatic heterocycles. The second-order valence-corrected chi connectivity index (χ2v) is 5.07. The van der Waals surface area contributed by atoms with Crippen molar-refractivity contribution < 1.29 is 9.90 Å². The number of carbonyl (C=O) groups is 1. The Kier molecular flexibility index (Phi) is 4.21. The number of hydrogen-bond donors (Lipinski definition) is 1. The number of rotatable bonds is 5. The van der Waals surface area contributed by atoms with E-state index in [-0.39, 0.29) is 0 Å². The Morgan fingerprint density at radius 1 is 1.40 bits per heavy atom. The van der Waals surface area contributed by atoms with Crippen LogP contribution in [0.3, 0.4) is 0 Å². The van der Waals surface area contributed by atoms with Gasteiger partial charge in [-0.25, -0.2) is 0 Å². The number of carboxylic acid groups (broad SMARTS) is 1. The van der Waals surface area contributed by atoms with E-state index < -0.39 is 10.7 Å². The highest BCUT2D eigenvalue weighted by Gasteiger charge is 2.35. The monoisotopic (exact) mass is 224 g/mol. The summed E-state index contributed by atoms with van der Waals surface area (Å²) in [7, 11) is 0. The van der Waals surface area contributed by atoms with Gasteiger partial charge >= 0.3 is 5.97 Å². The molecule has 15 heavy (non-hydrogen) atoms. The third-order valence-electron chi connectivity index (χ3n) is 2.33. The summed E-state index contributed by atoms with van der Waals surface area (Å²) in [5.41, 5.74) is 0.857. The van der Waals surface area contributed by atoms with Crippen LogP contribution in [-0.2, 0) is 9.54 Å². The Hall–Kier alpha value is -0.960. The second-order valence-electron chi connectivity index (χ2n) is 3.55. The van der Waals surface area contributed by atoms with Crippen molar-refractivity contribution in [3.63, 3.8) is 0 Å². The van der Waals surface area contributed by atoms with Gasteiger partial charge in [-0.15, -0.1) is 11.8 Å². The fourth-order valence-corrected chi connectivity index (χ4v) is 2.37. The van der Waals surface area contributed by atoms with Crippen LogP contribution in [0.2, 0.25) is 0 Å². The Balaban J connectivity index is 2.96. The molecule has 0 amide bonds. The van der Waals surface area contributed by atoms with Crippen LogP contribution in [0.1, 0.15) is 25.8 Å². The Bertz CT molecular complexity index is 324. The molecule has 0 heterocycles. The molecule has 1 unspecified atom stereocenters. The summed E-state index contributed by atoms with van der Waals surface area (Å²) in [6.45, 7) is 3.82. The lowest BCUT2D eigenvalue weighted by Crippen LogP contribution is -2.29. The highest BCUT2D eigenvalue weighted by atomic mass is 32.2. The zero-order valence-electron chi connectivity index (χ0n) is 9.06. The number of thioether (sulfide) groups is 1. The van der Waals surface area contributed by atoms with Crippen LogP contribution in [0, 0.1) is 0 Å². The van der Waals surface area contributed by atoms with E-state index in [9.17, 15) is 9.90 Å². The summed E-state index contributed by atoms with van der Waals surface area (Å²) < 4.78 is -0.822. The zero-order chi connectivity index (χ0) is 11.3. The van der Waals surface area contributed by atoms with E-state index in [0.717, 1.165) is 17.7 Å². The van der Waals surface area contributed by atoms with Gasteiger partial charge in [-0.05, 0) is 24.7 Å². The number of benzene rings is 1. The Morgan fingerprint density at radius 3 is 2.47 bits per heavy atom. The summed E-state index contributed by atoms with van der Waals surface area (Å²) in [6.07, 6.45) is 0.986. The Labute approximate surface area is 94.7 Å². The smallest absolute Gasteiger partial charge is 0.324 e. The first-order valence-electron chi connectivity index (χ1n) is 5.04. The SMILES string of the molecule is CCCSC(C)(C(=O)O)c1ccccc1. The maximum absolute atomic E-state index is 11.3. The quantitative estimate of drug-likeness (QED) is 0.835. The standard InChI is InChI=1S/C12H16O2S/c1-3-9-15-12(2,11(13)14)10-7-5-4-6-8-10/h4-8H,3,9H2,1-2H3,(H,13,14). The summed E-state index contributed by atoms with van der Waals surface area (Å²) >= 11 is 1.49. The van der Waals surface area contributed by atoms with Crippen molar-refractivity contribution in [1.82, 2.24) is 0 Å². The van der Waals surface area contributed by atoms with Gasteiger partial charge in [-0.1, -0.05) is 37.3 Å². The largest absolute Gasteiger partial charge is 0.480 e. The topological polar surface area (TPSA) is 37.3 Å². The molecule has 0 aliphatic heterocycles. The number of hydrogen-bond acceptors (Lipinski definition) is 2. The molecule has 1 atom stereocenters. The lowest BCUT2D eigenvalue weighted by Gasteiger charge is -2.24. The molecule has 0 saturated carbocycles. The number of aliphatic carboxylic acids is 1. The highest BCUT2D eigenvalue weighted by Crippen LogP contribution is 2.36. The molecule has 1 rings (SSSR count). The van der Waals surface area contributed by atoms with Crippen LogP contribution in [-0.4, -0.2) is 16.8 Å². The van der Waals surface area contributed by atoms with Gasteiger partial charge in [0.2, 0.25) is 0 Å². The Morgan fingerprint density at radius 2 is 2.00 bits per heavy atom. The van der Waals surface area contributed by atoms with Crippen molar-refractivity contribution in [3.05, 3.63) is 35.9 Å². The molecule has 1 N–H and O–H groups in total. The zero-order valence-corrected chi connectivity index (χ0v) is 9.88. The summed E-state index contributed by atoms with van der Waals surface area (Å²) in [6, 6.07) is 9.40. The van der Waals surface area contributed by atoms with Gasteiger partial charge in [-0.3, -0.25) is 4.79 Å². The minimum Gasteiger partial charge on any atom is -0.480 e. The molecule has 0 fully saturated rings. The normalized spacial score (nSPS) is 14.5. The van der Waals surface area contributed by atoms with Crippen LogP contribution < -0.4 is 0 Å². The average molecular weight is 224 g/mol. The van der Waals surface area contributed by atoms with Crippen LogP contribution in [0.15, 0.2) is 30.3 Å². The summed E-state index contributed by atoms with van der Waals surface area (Å²) in [4.78, 5) is 11.3. The van der Waals surface area contributed by atoms with Gasteiger partial charge in [0, 0.05) is 0 Å². The molecule has 82 valence electrons. The van der Waals surface area contributed by atoms with Crippen molar-refractivity contribution in [2.45, 2.75) is 25.0 Å². The fraction of sp³-hybridized carbons (Fsp3) is 0.417. The predicted molar refractivity (Wildman–Crippen MR) is 64.2 cm³/mol. The second kappa shape index (κ2) is 5.21. The lowest BCUT2D eigenvalue weighted by molar-refractivity contribution is -0.139. The predicted octanol–water partition coefficient (Wildman–Crippen LogP) is 3.13. The van der Waals surface area contributed by atoms with E-state index in [1.54, 1.807) is 6.92 Å². The molecule has 3 heteroatoms. The van der Waals surface area contributed by atoms with Crippen molar-refractivity contribution in [1.29, 1.82) is 0 Å². The van der Waals surface area contributed by atoms with Gasteiger partial charge in [0.15, 0.2) is 0 Å². The first-order chi connectivity index (χ1) is 7.11. The maximum atomic E-state index is 11.3. The molecule has 1 aromatic rings. The third-order valence-corrected chi connectivity index (χ3v) is 3.93. The molecule has 0 aliphatic carbocycles. The molecule has 0 radical (unpaired) electrons. The van der Waals surface area contributed by atoms with E-state index in [4.69, 9.17) is 0 Å². The average Bonchev–Trinajstić information content (AvgIpc) is 2.27. The van der Waals surface area contributed by atoms with Gasteiger partial charge < -0.3 is 5.11 Å². The van der Waals surface area contributed by atoms with E-state index >= 15 is 0 Å². The van der Waals surface area contributed by atoms with Crippen LogP contribution >= 0.6 is 11.8 Å². The van der Waals surface area contributed by atoms with Gasteiger partial charge in [-0.2, -0.15) is 0 Å². The van der Waals surface area contributed by atoms with Crippen molar-refractivity contribution in [2.75, 3.05) is 5.75 Å². The third kappa shape index (κ3) is 2.75. The van der Waals surface area contributed by atoms with E-state index in [2.05, 4.69) is 6.92 Å². The molecule has 2 nitrogen and oxygen atoms in total. The molecule has 0 aliphatic rings. The van der Waals surface area contributed by atoms with Gasteiger partial charge in [0.25, 0.3) is 0 Å². The molecule has 1 aromatic carbocycles. The molecular formula is C12H16O2S. The molecular weight excluding hydrogens is 208 g/mol. The first-order valence-corrected chi connectivity index (χ1v) is 6.02. The van der Waals surface area contributed by atoms with Crippen LogP contribution in [0.5, 0.6) is 0 Å². The van der Waals surface area contributed by atoms with Gasteiger partial charge in [0.05, 0.1) is 0 Å².